The summed E-state index contributed by atoms with van der Waals surface area (Å²) in [6, 6.07) is 0. The number of hydrogen-bond acceptors (Lipinski definition) is 6. The van der Waals surface area contributed by atoms with Crippen molar-refractivity contribution in [2.24, 2.45) is 5.16 Å². The van der Waals surface area contributed by atoms with Crippen molar-refractivity contribution in [3.05, 3.63) is 0 Å². The number of carboxylic acid groups (broad SMARTS) is 1. The van der Waals surface area contributed by atoms with E-state index < -0.39 is 30.0 Å². The van der Waals surface area contributed by atoms with E-state index in [1.807, 2.05) is 0 Å². The molecule has 0 bridgehead atoms. The van der Waals surface area contributed by atoms with E-state index in [-0.39, 0.29) is 0 Å². The van der Waals surface area contributed by atoms with E-state index in [1.165, 1.54) is 0 Å². The van der Waals surface area contributed by atoms with E-state index in [0.717, 1.165) is 14.0 Å². The first kappa shape index (κ1) is 12.1. The van der Waals surface area contributed by atoms with Gasteiger partial charge in [0, 0.05) is 6.92 Å². The van der Waals surface area contributed by atoms with Gasteiger partial charge >= 0.3 is 11.9 Å². The van der Waals surface area contributed by atoms with Gasteiger partial charge in [0.1, 0.15) is 0 Å². The lowest BCUT2D eigenvalue weighted by Crippen LogP contribution is -2.22. The van der Waals surface area contributed by atoms with Gasteiger partial charge in [-0.2, -0.15) is 0 Å². The average molecular weight is 203 g/mol. The highest BCUT2D eigenvalue weighted by molar-refractivity contribution is 6.63. The second kappa shape index (κ2) is 5.68. The molecule has 0 atom stereocenters. The van der Waals surface area contributed by atoms with E-state index in [2.05, 4.69) is 14.7 Å². The molecule has 0 saturated heterocycles. The number of esters is 1. The summed E-state index contributed by atoms with van der Waals surface area (Å²) in [6.07, 6.45) is 0. The second-order valence-electron chi connectivity index (χ2n) is 2.15. The van der Waals surface area contributed by atoms with Gasteiger partial charge in [0.2, 0.25) is 12.3 Å². The van der Waals surface area contributed by atoms with Crippen molar-refractivity contribution in [1.82, 2.24) is 0 Å². The number of rotatable bonds is 5. The van der Waals surface area contributed by atoms with E-state index >= 15 is 0 Å². The first-order valence-electron chi connectivity index (χ1n) is 3.50. The highest BCUT2D eigenvalue weighted by Crippen LogP contribution is 1.86. The molecule has 0 fully saturated rings. The van der Waals surface area contributed by atoms with Crippen LogP contribution in [0.4, 0.5) is 0 Å². The minimum Gasteiger partial charge on any atom is -0.476 e. The number of carbonyl (C=O) groups excluding carboxylic acids is 2. The first-order valence-corrected chi connectivity index (χ1v) is 3.50. The average Bonchev–Trinajstić information content (AvgIpc) is 2.10. The van der Waals surface area contributed by atoms with Gasteiger partial charge in [0.25, 0.3) is 0 Å². The fourth-order valence-electron chi connectivity index (χ4n) is 0.462. The van der Waals surface area contributed by atoms with Gasteiger partial charge < -0.3 is 14.7 Å². The zero-order valence-corrected chi connectivity index (χ0v) is 7.64. The van der Waals surface area contributed by atoms with Crippen LogP contribution in [0.5, 0.6) is 0 Å². The van der Waals surface area contributed by atoms with Crippen LogP contribution < -0.4 is 0 Å². The Bertz CT molecular complexity index is 266. The van der Waals surface area contributed by atoms with Gasteiger partial charge in [-0.1, -0.05) is 5.16 Å². The van der Waals surface area contributed by atoms with Gasteiger partial charge in [-0.25, -0.2) is 9.59 Å². The summed E-state index contributed by atoms with van der Waals surface area (Å²) in [6.45, 7) is 0.481. The smallest absolute Gasteiger partial charge is 0.361 e. The summed E-state index contributed by atoms with van der Waals surface area (Å²) >= 11 is 0. The quantitative estimate of drug-likeness (QED) is 0.272. The molecular formula is C7H9NO6. The molecular weight excluding hydrogens is 194 g/mol. The molecule has 78 valence electrons. The third-order valence-corrected chi connectivity index (χ3v) is 1.10. The van der Waals surface area contributed by atoms with Crippen LogP contribution >= 0.6 is 0 Å². The molecule has 0 aliphatic carbocycles. The molecule has 0 aliphatic heterocycles. The van der Waals surface area contributed by atoms with Gasteiger partial charge in [-0.05, 0) is 0 Å². The fourth-order valence-corrected chi connectivity index (χ4v) is 0.462. The molecule has 0 aromatic rings. The van der Waals surface area contributed by atoms with Crippen LogP contribution in [0.3, 0.4) is 0 Å². The molecule has 0 aromatic heterocycles. The van der Waals surface area contributed by atoms with Crippen LogP contribution in [0.25, 0.3) is 0 Å². The predicted molar refractivity (Wildman–Crippen MR) is 43.7 cm³/mol. The zero-order valence-electron chi connectivity index (χ0n) is 7.64. The van der Waals surface area contributed by atoms with Crippen LogP contribution in [0.15, 0.2) is 5.16 Å². The fraction of sp³-hybridized carbons (Fsp3) is 0.429. The number of methoxy groups -OCH3 is 1. The van der Waals surface area contributed by atoms with Crippen LogP contribution in [0.2, 0.25) is 0 Å². The van der Waals surface area contributed by atoms with Crippen molar-refractivity contribution < 1.29 is 29.1 Å². The normalized spacial score (nSPS) is 10.6. The molecule has 0 amide bonds. The summed E-state index contributed by atoms with van der Waals surface area (Å²) < 4.78 is 4.19. The van der Waals surface area contributed by atoms with E-state index in [0.29, 0.717) is 0 Å². The highest BCUT2D eigenvalue weighted by Gasteiger charge is 2.16. The molecule has 0 saturated carbocycles. The van der Waals surface area contributed by atoms with Gasteiger partial charge in [-0.15, -0.1) is 0 Å². The van der Waals surface area contributed by atoms with Crippen molar-refractivity contribution in [3.8, 4) is 0 Å². The van der Waals surface area contributed by atoms with Crippen molar-refractivity contribution in [1.29, 1.82) is 0 Å². The Balaban J connectivity index is 4.25. The van der Waals surface area contributed by atoms with Crippen LogP contribution in [0.1, 0.15) is 6.92 Å². The van der Waals surface area contributed by atoms with Crippen molar-refractivity contribution >= 4 is 23.4 Å². The third-order valence-electron chi connectivity index (χ3n) is 1.10. The summed E-state index contributed by atoms with van der Waals surface area (Å²) in [7, 11) is 1.14. The number of carbonyl (C=O) groups is 3. The predicted octanol–water partition coefficient (Wildman–Crippen LogP) is -0.794. The van der Waals surface area contributed by atoms with Crippen LogP contribution in [0, 0.1) is 0 Å². The Hall–Kier alpha value is -1.92. The monoisotopic (exact) mass is 203 g/mol. The Morgan fingerprint density at radius 2 is 1.93 bits per heavy atom. The molecule has 0 aliphatic rings. The van der Waals surface area contributed by atoms with Gasteiger partial charge in [0.05, 0.1) is 7.11 Å². The molecule has 1 N–H and O–H groups in total. The number of aliphatic carboxylic acids is 1. The highest BCUT2D eigenvalue weighted by atomic mass is 16.7. The number of oxime groups is 1. The molecule has 0 radical (unpaired) electrons. The molecule has 14 heavy (non-hydrogen) atoms. The molecule has 0 rings (SSSR count). The van der Waals surface area contributed by atoms with Crippen LogP contribution in [-0.2, 0) is 24.0 Å². The number of ketones is 1. The molecule has 0 aromatic carbocycles. The van der Waals surface area contributed by atoms with Crippen molar-refractivity contribution in [2.45, 2.75) is 6.92 Å². The van der Waals surface area contributed by atoms with E-state index in [9.17, 15) is 14.4 Å². The largest absolute Gasteiger partial charge is 0.476 e. The number of Topliss-reactive ketones (excluding diaryl/α,β-unsaturated/α-hetero) is 1. The summed E-state index contributed by atoms with van der Waals surface area (Å²) in [5, 5.41) is 11.4. The lowest BCUT2D eigenvalue weighted by molar-refractivity contribution is -0.146. The third kappa shape index (κ3) is 4.19. The lowest BCUT2D eigenvalue weighted by atomic mass is 10.3. The maximum Gasteiger partial charge on any atom is 0.361 e. The number of ether oxygens (including phenoxy) is 1. The maximum atomic E-state index is 10.6. The molecule has 7 nitrogen and oxygen atoms in total. The number of carboxylic acids is 1. The Morgan fingerprint density at radius 1 is 1.36 bits per heavy atom. The molecule has 0 heterocycles. The minimum atomic E-state index is -1.51. The lowest BCUT2D eigenvalue weighted by Gasteiger charge is -1.98. The maximum absolute atomic E-state index is 10.6. The Morgan fingerprint density at radius 3 is 2.29 bits per heavy atom. The van der Waals surface area contributed by atoms with E-state index in [1.54, 1.807) is 0 Å². The zero-order chi connectivity index (χ0) is 11.1. The Labute approximate surface area is 79.3 Å². The van der Waals surface area contributed by atoms with Gasteiger partial charge in [0.15, 0.2) is 5.78 Å². The number of hydrogen-bond donors (Lipinski definition) is 1. The standard InChI is InChI=1S/C7H9NO6/c1-4(9)6(7(11)12)8-14-3-5(10)13-2/h3H2,1-2H3,(H,11,12)/b8-6-. The first-order chi connectivity index (χ1) is 6.49. The summed E-state index contributed by atoms with van der Waals surface area (Å²) in [5.74, 6) is -2.99. The topological polar surface area (TPSA) is 102 Å². The number of nitrogens with zero attached hydrogens (tertiary/aromatic N) is 1. The summed E-state index contributed by atoms with van der Waals surface area (Å²) in [4.78, 5) is 35.7. The van der Waals surface area contributed by atoms with Crippen LogP contribution in [-0.4, -0.2) is 42.3 Å². The van der Waals surface area contributed by atoms with Gasteiger partial charge in [-0.3, -0.25) is 4.79 Å². The molecule has 0 unspecified atom stereocenters. The molecule has 0 spiro atoms. The van der Waals surface area contributed by atoms with Crippen molar-refractivity contribution in [2.75, 3.05) is 13.7 Å². The SMILES string of the molecule is COC(=O)CO/N=C(/C(C)=O)C(=O)O. The second-order valence-corrected chi connectivity index (χ2v) is 2.15. The minimum absolute atomic E-state index is 0.541. The Kier molecular flexibility index (Phi) is 4.90. The summed E-state index contributed by atoms with van der Waals surface area (Å²) in [5.41, 5.74) is -0.770. The van der Waals surface area contributed by atoms with Crippen molar-refractivity contribution in [3.63, 3.8) is 0 Å². The molecule has 7 heteroatoms. The van der Waals surface area contributed by atoms with E-state index in [4.69, 9.17) is 5.11 Å².